The van der Waals surface area contributed by atoms with Crippen molar-refractivity contribution in [3.63, 3.8) is 0 Å². The van der Waals surface area contributed by atoms with Crippen molar-refractivity contribution < 1.29 is 22.5 Å². The number of amides is 1. The normalized spacial score (nSPS) is 16.9. The molecule has 30 heavy (non-hydrogen) atoms. The summed E-state index contributed by atoms with van der Waals surface area (Å²) in [7, 11) is 3.86. The average molecular weight is 416 g/mol. The smallest absolute Gasteiger partial charge is 0.378 e. The minimum atomic E-state index is -4.42. The molecule has 1 aliphatic rings. The lowest BCUT2D eigenvalue weighted by atomic mass is 10.1. The van der Waals surface area contributed by atoms with Crippen LogP contribution in [0, 0.1) is 0 Å². The first-order chi connectivity index (χ1) is 14.2. The topological polar surface area (TPSA) is 62.5 Å². The van der Waals surface area contributed by atoms with Gasteiger partial charge in [0.1, 0.15) is 0 Å². The number of benzene rings is 2. The molecule has 1 amide bonds. The molecule has 0 saturated carbocycles. The molecule has 3 aromatic rings. The quantitative estimate of drug-likeness (QED) is 0.633. The second-order valence-corrected chi connectivity index (χ2v) is 7.35. The van der Waals surface area contributed by atoms with Crippen molar-refractivity contribution in [1.82, 2.24) is 10.1 Å². The molecule has 1 fully saturated rings. The van der Waals surface area contributed by atoms with Crippen molar-refractivity contribution >= 4 is 17.3 Å². The molecule has 2 heterocycles. The summed E-state index contributed by atoms with van der Waals surface area (Å²) in [5, 5.41) is 4.03. The summed E-state index contributed by atoms with van der Waals surface area (Å²) in [6.45, 7) is 0.279. The zero-order valence-electron chi connectivity index (χ0n) is 16.3. The number of halogens is 3. The van der Waals surface area contributed by atoms with E-state index in [2.05, 4.69) is 10.1 Å². The van der Waals surface area contributed by atoms with E-state index < -0.39 is 11.7 Å². The minimum absolute atomic E-state index is 0.164. The average Bonchev–Trinajstić information content (AvgIpc) is 3.34. The Hall–Kier alpha value is -3.36. The summed E-state index contributed by atoms with van der Waals surface area (Å²) in [5.74, 6) is 0.271. The van der Waals surface area contributed by atoms with Gasteiger partial charge in [0, 0.05) is 49.9 Å². The molecule has 156 valence electrons. The fraction of sp³-hybridized carbons (Fsp3) is 0.286. The number of alkyl halides is 3. The molecule has 1 aliphatic heterocycles. The van der Waals surface area contributed by atoms with Crippen LogP contribution in [0.3, 0.4) is 0 Å². The highest BCUT2D eigenvalue weighted by molar-refractivity contribution is 5.96. The summed E-state index contributed by atoms with van der Waals surface area (Å²) in [6.07, 6.45) is -4.25. The number of carbonyl (C=O) groups excluding carboxylic acids is 1. The second-order valence-electron chi connectivity index (χ2n) is 7.35. The SMILES string of the molecule is CN(C)c1cccc(-c2nc(C3CC(=O)N(c4ccc(C(F)(F)F)cc4)C3)no2)c1. The molecule has 1 saturated heterocycles. The van der Waals surface area contributed by atoms with Crippen molar-refractivity contribution in [2.45, 2.75) is 18.5 Å². The number of nitrogens with zero attached hydrogens (tertiary/aromatic N) is 4. The van der Waals surface area contributed by atoms with Gasteiger partial charge in [-0.2, -0.15) is 18.2 Å². The van der Waals surface area contributed by atoms with E-state index in [9.17, 15) is 18.0 Å². The van der Waals surface area contributed by atoms with Crippen LogP contribution in [0.15, 0.2) is 53.1 Å². The Kier molecular flexibility index (Phi) is 4.97. The van der Waals surface area contributed by atoms with E-state index >= 15 is 0 Å². The van der Waals surface area contributed by atoms with Gasteiger partial charge < -0.3 is 14.3 Å². The van der Waals surface area contributed by atoms with Crippen molar-refractivity contribution in [3.05, 3.63) is 59.9 Å². The van der Waals surface area contributed by atoms with Gasteiger partial charge in [0.2, 0.25) is 5.91 Å². The molecule has 0 N–H and O–H groups in total. The summed E-state index contributed by atoms with van der Waals surface area (Å²) in [6, 6.07) is 12.2. The van der Waals surface area contributed by atoms with Gasteiger partial charge in [0.25, 0.3) is 5.89 Å². The number of hydrogen-bond acceptors (Lipinski definition) is 5. The Balaban J connectivity index is 1.52. The first-order valence-electron chi connectivity index (χ1n) is 9.31. The number of aromatic nitrogens is 2. The highest BCUT2D eigenvalue weighted by atomic mass is 19.4. The number of rotatable bonds is 4. The molecule has 0 radical (unpaired) electrons. The molecule has 0 aliphatic carbocycles. The molecular formula is C21H19F3N4O2. The van der Waals surface area contributed by atoms with Gasteiger partial charge in [0.15, 0.2) is 5.82 Å². The summed E-state index contributed by atoms with van der Waals surface area (Å²) in [5.41, 5.74) is 1.41. The molecule has 0 bridgehead atoms. The second kappa shape index (κ2) is 7.47. The molecule has 1 aromatic heterocycles. The molecule has 0 spiro atoms. The van der Waals surface area contributed by atoms with Gasteiger partial charge in [0.05, 0.1) is 5.56 Å². The molecule has 9 heteroatoms. The van der Waals surface area contributed by atoms with E-state index in [0.717, 1.165) is 23.4 Å². The van der Waals surface area contributed by atoms with E-state index in [-0.39, 0.29) is 24.8 Å². The number of hydrogen-bond donors (Lipinski definition) is 0. The van der Waals surface area contributed by atoms with Crippen LogP contribution < -0.4 is 9.80 Å². The van der Waals surface area contributed by atoms with Crippen LogP contribution in [0.4, 0.5) is 24.5 Å². The fourth-order valence-electron chi connectivity index (χ4n) is 3.40. The largest absolute Gasteiger partial charge is 0.416 e. The van der Waals surface area contributed by atoms with Crippen LogP contribution >= 0.6 is 0 Å². The van der Waals surface area contributed by atoms with E-state index in [0.29, 0.717) is 17.4 Å². The number of anilines is 2. The molecular weight excluding hydrogens is 397 g/mol. The summed E-state index contributed by atoms with van der Waals surface area (Å²) >= 11 is 0. The van der Waals surface area contributed by atoms with Gasteiger partial charge >= 0.3 is 6.18 Å². The van der Waals surface area contributed by atoms with Crippen molar-refractivity contribution in [1.29, 1.82) is 0 Å². The lowest BCUT2D eigenvalue weighted by molar-refractivity contribution is -0.137. The Morgan fingerprint density at radius 1 is 1.13 bits per heavy atom. The van der Waals surface area contributed by atoms with E-state index in [1.165, 1.54) is 17.0 Å². The standard InChI is InChI=1S/C21H19F3N4O2/c1-27(2)17-5-3-4-13(10-17)20-25-19(26-30-20)14-11-18(29)28(12-14)16-8-6-15(7-9-16)21(22,23)24/h3-10,14H,11-12H2,1-2H3. The van der Waals surface area contributed by atoms with E-state index in [1.54, 1.807) is 0 Å². The maximum Gasteiger partial charge on any atom is 0.416 e. The van der Waals surface area contributed by atoms with Crippen LogP contribution in [-0.2, 0) is 11.0 Å². The Labute approximate surface area is 170 Å². The predicted octanol–water partition coefficient (Wildman–Crippen LogP) is 4.34. The van der Waals surface area contributed by atoms with Gasteiger partial charge in [-0.1, -0.05) is 11.2 Å². The minimum Gasteiger partial charge on any atom is -0.378 e. The van der Waals surface area contributed by atoms with Crippen molar-refractivity contribution in [3.8, 4) is 11.5 Å². The first-order valence-corrected chi connectivity index (χ1v) is 9.31. The molecule has 1 unspecified atom stereocenters. The monoisotopic (exact) mass is 416 g/mol. The van der Waals surface area contributed by atoms with Gasteiger partial charge in [-0.3, -0.25) is 4.79 Å². The van der Waals surface area contributed by atoms with Crippen LogP contribution in [0.1, 0.15) is 23.7 Å². The molecule has 1 atom stereocenters. The molecule has 6 nitrogen and oxygen atoms in total. The Morgan fingerprint density at radius 3 is 2.53 bits per heavy atom. The van der Waals surface area contributed by atoms with Crippen LogP contribution in [0.5, 0.6) is 0 Å². The maximum absolute atomic E-state index is 12.8. The van der Waals surface area contributed by atoms with Crippen molar-refractivity contribution in [2.75, 3.05) is 30.4 Å². The van der Waals surface area contributed by atoms with Gasteiger partial charge in [-0.25, -0.2) is 0 Å². The fourth-order valence-corrected chi connectivity index (χ4v) is 3.40. The zero-order chi connectivity index (χ0) is 21.5. The maximum atomic E-state index is 12.8. The molecule has 2 aromatic carbocycles. The first kappa shape index (κ1) is 19.9. The van der Waals surface area contributed by atoms with Crippen molar-refractivity contribution in [2.24, 2.45) is 0 Å². The lowest BCUT2D eigenvalue weighted by Gasteiger charge is -2.17. The Bertz CT molecular complexity index is 1060. The third kappa shape index (κ3) is 3.87. The van der Waals surface area contributed by atoms with Crippen LogP contribution in [-0.4, -0.2) is 36.7 Å². The lowest BCUT2D eigenvalue weighted by Crippen LogP contribution is -2.24. The highest BCUT2D eigenvalue weighted by Gasteiger charge is 2.35. The third-order valence-corrected chi connectivity index (χ3v) is 5.05. The van der Waals surface area contributed by atoms with E-state index in [1.807, 2.05) is 43.3 Å². The van der Waals surface area contributed by atoms with Crippen LogP contribution in [0.2, 0.25) is 0 Å². The zero-order valence-corrected chi connectivity index (χ0v) is 16.3. The predicted molar refractivity (Wildman–Crippen MR) is 105 cm³/mol. The highest BCUT2D eigenvalue weighted by Crippen LogP contribution is 2.34. The summed E-state index contributed by atoms with van der Waals surface area (Å²) in [4.78, 5) is 20.3. The third-order valence-electron chi connectivity index (χ3n) is 5.05. The molecule has 4 rings (SSSR count). The van der Waals surface area contributed by atoms with E-state index in [4.69, 9.17) is 4.52 Å². The number of carbonyl (C=O) groups is 1. The Morgan fingerprint density at radius 2 is 1.87 bits per heavy atom. The summed E-state index contributed by atoms with van der Waals surface area (Å²) < 4.78 is 43.7. The van der Waals surface area contributed by atoms with Crippen LogP contribution in [0.25, 0.3) is 11.5 Å². The van der Waals surface area contributed by atoms with Gasteiger partial charge in [-0.15, -0.1) is 0 Å². The van der Waals surface area contributed by atoms with Gasteiger partial charge in [-0.05, 0) is 42.5 Å².